The third-order valence-corrected chi connectivity index (χ3v) is 3.83. The van der Waals surface area contributed by atoms with Gasteiger partial charge in [-0.3, -0.25) is 0 Å². The molecule has 1 saturated heterocycles. The van der Waals surface area contributed by atoms with Crippen LogP contribution >= 0.6 is 11.8 Å². The molecule has 1 unspecified atom stereocenters. The van der Waals surface area contributed by atoms with Crippen molar-refractivity contribution in [2.24, 2.45) is 0 Å². The van der Waals surface area contributed by atoms with E-state index in [1.807, 2.05) is 0 Å². The van der Waals surface area contributed by atoms with Gasteiger partial charge in [-0.2, -0.15) is 11.8 Å². The first kappa shape index (κ1) is 10.9. The highest BCUT2D eigenvalue weighted by molar-refractivity contribution is 7.99. The molecule has 1 atom stereocenters. The minimum Gasteiger partial charge on any atom is -0.389 e. The maximum atomic E-state index is 12.9. The molecule has 1 nitrogen and oxygen atoms in total. The van der Waals surface area contributed by atoms with Crippen LogP contribution in [0.5, 0.6) is 0 Å². The molecule has 1 aromatic rings. The Morgan fingerprint density at radius 2 is 2.13 bits per heavy atom. The first-order valence-corrected chi connectivity index (χ1v) is 5.99. The molecule has 2 rings (SSSR count). The van der Waals surface area contributed by atoms with Gasteiger partial charge in [0.15, 0.2) is 11.6 Å². The van der Waals surface area contributed by atoms with E-state index in [0.717, 1.165) is 24.3 Å². The Kier molecular flexibility index (Phi) is 2.98. The van der Waals surface area contributed by atoms with E-state index in [1.165, 1.54) is 6.07 Å². The van der Waals surface area contributed by atoms with Gasteiger partial charge in [-0.25, -0.2) is 8.78 Å². The molecule has 0 aromatic heterocycles. The van der Waals surface area contributed by atoms with Crippen LogP contribution in [0.25, 0.3) is 0 Å². The van der Waals surface area contributed by atoms with Crippen LogP contribution in [-0.4, -0.2) is 22.2 Å². The Hall–Kier alpha value is -0.610. The minimum absolute atomic E-state index is 0.400. The second-order valence-corrected chi connectivity index (χ2v) is 5.06. The SMILES string of the molecule is OC1(Cc2ccc(F)c(F)c2)CCSC1. The average Bonchev–Trinajstić information content (AvgIpc) is 2.59. The van der Waals surface area contributed by atoms with Gasteiger partial charge in [0, 0.05) is 12.2 Å². The van der Waals surface area contributed by atoms with E-state index in [-0.39, 0.29) is 0 Å². The van der Waals surface area contributed by atoms with Crippen LogP contribution in [0.4, 0.5) is 8.78 Å². The maximum absolute atomic E-state index is 12.9. The summed E-state index contributed by atoms with van der Waals surface area (Å²) in [6, 6.07) is 3.80. The number of thioether (sulfide) groups is 1. The Morgan fingerprint density at radius 1 is 1.33 bits per heavy atom. The lowest BCUT2D eigenvalue weighted by atomic mass is 9.94. The standard InChI is InChI=1S/C11H12F2OS/c12-9-2-1-8(5-10(9)13)6-11(14)3-4-15-7-11/h1-2,5,14H,3-4,6-7H2. The zero-order valence-corrected chi connectivity index (χ0v) is 8.99. The molecule has 82 valence electrons. The normalized spacial score (nSPS) is 25.8. The highest BCUT2D eigenvalue weighted by Gasteiger charge is 2.31. The molecule has 4 heteroatoms. The van der Waals surface area contributed by atoms with E-state index >= 15 is 0 Å². The van der Waals surface area contributed by atoms with Gasteiger partial charge in [0.25, 0.3) is 0 Å². The van der Waals surface area contributed by atoms with E-state index in [1.54, 1.807) is 11.8 Å². The van der Waals surface area contributed by atoms with Crippen molar-refractivity contribution in [3.05, 3.63) is 35.4 Å². The van der Waals surface area contributed by atoms with Gasteiger partial charge in [-0.05, 0) is 29.9 Å². The zero-order chi connectivity index (χ0) is 10.9. The number of aliphatic hydroxyl groups is 1. The summed E-state index contributed by atoms with van der Waals surface area (Å²) in [7, 11) is 0. The van der Waals surface area contributed by atoms with Crippen molar-refractivity contribution in [1.29, 1.82) is 0 Å². The van der Waals surface area contributed by atoms with Gasteiger partial charge in [-0.15, -0.1) is 0 Å². The summed E-state index contributed by atoms with van der Waals surface area (Å²) in [5.41, 5.74) is -0.0894. The van der Waals surface area contributed by atoms with E-state index in [0.29, 0.717) is 17.7 Å². The van der Waals surface area contributed by atoms with Gasteiger partial charge < -0.3 is 5.11 Å². The predicted octanol–water partition coefficient (Wildman–Crippen LogP) is 2.38. The number of rotatable bonds is 2. The van der Waals surface area contributed by atoms with Gasteiger partial charge in [0.05, 0.1) is 5.60 Å². The van der Waals surface area contributed by atoms with E-state index in [2.05, 4.69) is 0 Å². The molecule has 15 heavy (non-hydrogen) atoms. The van der Waals surface area contributed by atoms with Crippen molar-refractivity contribution < 1.29 is 13.9 Å². The lowest BCUT2D eigenvalue weighted by molar-refractivity contribution is 0.0685. The first-order chi connectivity index (χ1) is 7.09. The van der Waals surface area contributed by atoms with Crippen LogP contribution in [-0.2, 0) is 6.42 Å². The van der Waals surface area contributed by atoms with Gasteiger partial charge in [0.1, 0.15) is 0 Å². The number of hydrogen-bond donors (Lipinski definition) is 1. The fourth-order valence-electron chi connectivity index (χ4n) is 1.77. The molecule has 0 spiro atoms. The quantitative estimate of drug-likeness (QED) is 0.841. The van der Waals surface area contributed by atoms with Crippen molar-refractivity contribution in [3.63, 3.8) is 0 Å². The van der Waals surface area contributed by atoms with Crippen LogP contribution in [0.3, 0.4) is 0 Å². The number of benzene rings is 1. The lowest BCUT2D eigenvalue weighted by Crippen LogP contribution is -2.30. The van der Waals surface area contributed by atoms with Crippen LogP contribution in [0, 0.1) is 11.6 Å². The summed E-state index contributed by atoms with van der Waals surface area (Å²) in [5.74, 6) is -0.0834. The second-order valence-electron chi connectivity index (χ2n) is 3.95. The van der Waals surface area contributed by atoms with Crippen molar-refractivity contribution in [1.82, 2.24) is 0 Å². The fourth-order valence-corrected chi connectivity index (χ4v) is 3.06. The van der Waals surface area contributed by atoms with E-state index in [4.69, 9.17) is 0 Å². The van der Waals surface area contributed by atoms with Crippen molar-refractivity contribution in [2.75, 3.05) is 11.5 Å². The summed E-state index contributed by atoms with van der Waals surface area (Å²) in [6.07, 6.45) is 1.12. The van der Waals surface area contributed by atoms with Crippen molar-refractivity contribution in [3.8, 4) is 0 Å². The van der Waals surface area contributed by atoms with Gasteiger partial charge in [-0.1, -0.05) is 6.07 Å². The molecule has 1 aromatic carbocycles. The summed E-state index contributed by atoms with van der Waals surface area (Å²) < 4.78 is 25.6. The Morgan fingerprint density at radius 3 is 2.73 bits per heavy atom. The summed E-state index contributed by atoms with van der Waals surface area (Å²) in [4.78, 5) is 0. The topological polar surface area (TPSA) is 20.2 Å². The third-order valence-electron chi connectivity index (χ3n) is 2.60. The minimum atomic E-state index is -0.846. The highest BCUT2D eigenvalue weighted by atomic mass is 32.2. The molecule has 0 radical (unpaired) electrons. The Labute approximate surface area is 91.5 Å². The Bertz CT molecular complexity index is 362. The fraction of sp³-hybridized carbons (Fsp3) is 0.455. The molecule has 0 saturated carbocycles. The highest BCUT2D eigenvalue weighted by Crippen LogP contribution is 2.31. The molecule has 0 amide bonds. The summed E-state index contributed by atoms with van der Waals surface area (Å²) >= 11 is 1.69. The smallest absolute Gasteiger partial charge is 0.159 e. The van der Waals surface area contributed by atoms with Crippen LogP contribution in [0.2, 0.25) is 0 Å². The molecular formula is C11H12F2OS. The summed E-state index contributed by atoms with van der Waals surface area (Å²) in [5, 5.41) is 10.1. The molecule has 1 heterocycles. The van der Waals surface area contributed by atoms with Crippen LogP contribution in [0.15, 0.2) is 18.2 Å². The monoisotopic (exact) mass is 230 g/mol. The van der Waals surface area contributed by atoms with Crippen LogP contribution in [0.1, 0.15) is 12.0 Å². The van der Waals surface area contributed by atoms with E-state index in [9.17, 15) is 13.9 Å². The van der Waals surface area contributed by atoms with Crippen molar-refractivity contribution in [2.45, 2.75) is 18.4 Å². The van der Waals surface area contributed by atoms with Gasteiger partial charge >= 0.3 is 0 Å². The van der Waals surface area contributed by atoms with Crippen LogP contribution < -0.4 is 0 Å². The third kappa shape index (κ3) is 2.49. The van der Waals surface area contributed by atoms with Gasteiger partial charge in [0.2, 0.25) is 0 Å². The zero-order valence-electron chi connectivity index (χ0n) is 8.17. The van der Waals surface area contributed by atoms with E-state index < -0.39 is 17.2 Å². The molecule has 1 aliphatic rings. The molecule has 1 N–H and O–H groups in total. The molecule has 1 fully saturated rings. The predicted molar refractivity (Wildman–Crippen MR) is 57.0 cm³/mol. The first-order valence-electron chi connectivity index (χ1n) is 4.83. The molecular weight excluding hydrogens is 218 g/mol. The largest absolute Gasteiger partial charge is 0.389 e. The van der Waals surface area contributed by atoms with Crippen molar-refractivity contribution >= 4 is 11.8 Å². The average molecular weight is 230 g/mol. The Balaban J connectivity index is 2.13. The molecule has 0 aliphatic carbocycles. The number of halogens is 2. The lowest BCUT2D eigenvalue weighted by Gasteiger charge is -2.21. The number of hydrogen-bond acceptors (Lipinski definition) is 2. The summed E-state index contributed by atoms with van der Waals surface area (Å²) in [6.45, 7) is 0. The molecule has 1 aliphatic heterocycles. The molecule has 0 bridgehead atoms. The second kappa shape index (κ2) is 4.10. The maximum Gasteiger partial charge on any atom is 0.159 e.